The first kappa shape index (κ1) is 17.9. The maximum absolute atomic E-state index is 13.5. The first-order valence-electron chi connectivity index (χ1n) is 7.65. The predicted octanol–water partition coefficient (Wildman–Crippen LogP) is 2.91. The average molecular weight is 338 g/mol. The van der Waals surface area contributed by atoms with E-state index in [9.17, 15) is 18.7 Å². The van der Waals surface area contributed by atoms with Crippen molar-refractivity contribution in [3.8, 4) is 0 Å². The van der Waals surface area contributed by atoms with Crippen LogP contribution in [0.4, 0.5) is 13.6 Å². The van der Waals surface area contributed by atoms with Crippen molar-refractivity contribution >= 4 is 6.03 Å². The molecule has 2 amide bonds. The van der Waals surface area contributed by atoms with Crippen LogP contribution < -0.4 is 10.6 Å². The molecule has 2 rings (SSSR count). The molecule has 0 spiro atoms. The molecule has 1 aromatic carbocycles. The van der Waals surface area contributed by atoms with Crippen molar-refractivity contribution in [2.45, 2.75) is 31.9 Å². The lowest BCUT2D eigenvalue weighted by Crippen LogP contribution is -2.42. The minimum Gasteiger partial charge on any atom is -0.467 e. The third kappa shape index (κ3) is 5.34. The summed E-state index contributed by atoms with van der Waals surface area (Å²) in [6.07, 6.45) is 1.13. The van der Waals surface area contributed by atoms with Gasteiger partial charge in [-0.2, -0.15) is 0 Å². The van der Waals surface area contributed by atoms with Gasteiger partial charge in [0.2, 0.25) is 0 Å². The van der Waals surface area contributed by atoms with Crippen LogP contribution in [0.15, 0.2) is 41.0 Å². The first-order valence-corrected chi connectivity index (χ1v) is 7.65. The smallest absolute Gasteiger partial charge is 0.315 e. The Balaban J connectivity index is 1.71. The molecule has 0 saturated heterocycles. The molecule has 0 aliphatic carbocycles. The number of nitrogens with one attached hydrogen (secondary N) is 2. The van der Waals surface area contributed by atoms with E-state index in [2.05, 4.69) is 10.6 Å². The van der Waals surface area contributed by atoms with Gasteiger partial charge < -0.3 is 20.2 Å². The van der Waals surface area contributed by atoms with Gasteiger partial charge in [-0.15, -0.1) is 0 Å². The number of amides is 2. The minimum atomic E-state index is -0.809. The summed E-state index contributed by atoms with van der Waals surface area (Å²) in [6.45, 7) is 1.91. The molecule has 0 aliphatic heterocycles. The van der Waals surface area contributed by atoms with Crippen LogP contribution in [0.1, 0.15) is 30.8 Å². The van der Waals surface area contributed by atoms with Gasteiger partial charge in [0.15, 0.2) is 0 Å². The number of hydrogen-bond donors (Lipinski definition) is 3. The van der Waals surface area contributed by atoms with Crippen molar-refractivity contribution in [2.75, 3.05) is 6.54 Å². The molecular formula is C17H20F2N2O3. The summed E-state index contributed by atoms with van der Waals surface area (Å²) in [5.74, 6) is -0.587. The zero-order valence-corrected chi connectivity index (χ0v) is 13.3. The largest absolute Gasteiger partial charge is 0.467 e. The van der Waals surface area contributed by atoms with Gasteiger partial charge in [0.05, 0.1) is 6.26 Å². The van der Waals surface area contributed by atoms with Crippen LogP contribution in [-0.4, -0.2) is 23.7 Å². The fraction of sp³-hybridized carbons (Fsp3) is 0.353. The highest BCUT2D eigenvalue weighted by molar-refractivity contribution is 5.74. The Labute approximate surface area is 138 Å². The van der Waals surface area contributed by atoms with E-state index in [4.69, 9.17) is 4.42 Å². The topological polar surface area (TPSA) is 74.5 Å². The number of aliphatic hydroxyl groups is 1. The molecule has 2 atom stereocenters. The van der Waals surface area contributed by atoms with Crippen LogP contribution in [-0.2, 0) is 6.42 Å². The lowest BCUT2D eigenvalue weighted by atomic mass is 10.1. The van der Waals surface area contributed by atoms with Crippen molar-refractivity contribution in [1.82, 2.24) is 10.6 Å². The molecule has 0 unspecified atom stereocenters. The fourth-order valence-electron chi connectivity index (χ4n) is 2.31. The molecule has 1 heterocycles. The maximum atomic E-state index is 13.5. The van der Waals surface area contributed by atoms with Crippen LogP contribution in [0, 0.1) is 11.6 Å². The summed E-state index contributed by atoms with van der Waals surface area (Å²) < 4.78 is 31.6. The third-order valence-corrected chi connectivity index (χ3v) is 3.51. The Morgan fingerprint density at radius 1 is 1.33 bits per heavy atom. The standard InChI is InChI=1S/C17H20F2N2O3/c1-11(9-15(22)16-3-2-8-24-16)21-17(23)20-7-6-12-10-13(18)4-5-14(12)19/h2-5,8,10-11,15,22H,6-7,9H2,1H3,(H2,20,21,23)/t11-,15-/m0/s1. The normalized spacial score (nSPS) is 13.3. The number of hydrogen-bond acceptors (Lipinski definition) is 3. The van der Waals surface area contributed by atoms with E-state index in [0.717, 1.165) is 18.2 Å². The average Bonchev–Trinajstić information content (AvgIpc) is 3.05. The lowest BCUT2D eigenvalue weighted by Gasteiger charge is -2.17. The molecule has 0 aliphatic rings. The van der Waals surface area contributed by atoms with E-state index in [0.29, 0.717) is 12.2 Å². The second kappa shape index (κ2) is 8.44. The van der Waals surface area contributed by atoms with Crippen molar-refractivity contribution in [2.24, 2.45) is 0 Å². The molecule has 130 valence electrons. The van der Waals surface area contributed by atoms with Gasteiger partial charge in [0, 0.05) is 19.0 Å². The summed E-state index contributed by atoms with van der Waals surface area (Å²) in [7, 11) is 0. The van der Waals surface area contributed by atoms with Gasteiger partial charge in [0.1, 0.15) is 23.5 Å². The number of aliphatic hydroxyl groups excluding tert-OH is 1. The van der Waals surface area contributed by atoms with Crippen molar-refractivity contribution in [1.29, 1.82) is 0 Å². The third-order valence-electron chi connectivity index (χ3n) is 3.51. The van der Waals surface area contributed by atoms with Gasteiger partial charge in [0.25, 0.3) is 0 Å². The molecule has 7 heteroatoms. The Morgan fingerprint density at radius 2 is 2.12 bits per heavy atom. The summed E-state index contributed by atoms with van der Waals surface area (Å²) >= 11 is 0. The summed E-state index contributed by atoms with van der Waals surface area (Å²) in [6, 6.07) is 5.81. The molecule has 0 fully saturated rings. The highest BCUT2D eigenvalue weighted by Gasteiger charge is 2.16. The van der Waals surface area contributed by atoms with E-state index in [1.165, 1.54) is 6.26 Å². The van der Waals surface area contributed by atoms with Gasteiger partial charge in [-0.3, -0.25) is 0 Å². The highest BCUT2D eigenvalue weighted by atomic mass is 19.1. The molecule has 1 aromatic heterocycles. The SMILES string of the molecule is C[C@@H](C[C@H](O)c1ccco1)NC(=O)NCCc1cc(F)ccc1F. The molecule has 5 nitrogen and oxygen atoms in total. The number of carbonyl (C=O) groups is 1. The number of furan rings is 1. The Hall–Kier alpha value is -2.41. The first-order chi connectivity index (χ1) is 11.5. The Kier molecular flexibility index (Phi) is 6.31. The van der Waals surface area contributed by atoms with Crippen molar-refractivity contribution in [3.05, 3.63) is 59.6 Å². The Bertz CT molecular complexity index is 662. The van der Waals surface area contributed by atoms with Crippen molar-refractivity contribution < 1.29 is 23.1 Å². The monoisotopic (exact) mass is 338 g/mol. The highest BCUT2D eigenvalue weighted by Crippen LogP contribution is 2.18. The molecule has 0 bridgehead atoms. The number of halogens is 2. The fourth-order valence-corrected chi connectivity index (χ4v) is 2.31. The van der Waals surface area contributed by atoms with Gasteiger partial charge in [-0.05, 0) is 49.2 Å². The van der Waals surface area contributed by atoms with Gasteiger partial charge in [-0.25, -0.2) is 13.6 Å². The van der Waals surface area contributed by atoms with Crippen LogP contribution in [0.25, 0.3) is 0 Å². The summed E-state index contributed by atoms with van der Waals surface area (Å²) in [5.41, 5.74) is 0.205. The van der Waals surface area contributed by atoms with Crippen LogP contribution in [0.2, 0.25) is 0 Å². The summed E-state index contributed by atoms with van der Waals surface area (Å²) in [5, 5.41) is 15.2. The zero-order valence-electron chi connectivity index (χ0n) is 13.3. The quantitative estimate of drug-likeness (QED) is 0.727. The number of carbonyl (C=O) groups excluding carboxylic acids is 1. The van der Waals surface area contributed by atoms with Crippen molar-refractivity contribution in [3.63, 3.8) is 0 Å². The molecule has 0 radical (unpaired) electrons. The van der Waals surface area contributed by atoms with Gasteiger partial charge >= 0.3 is 6.03 Å². The second-order valence-corrected chi connectivity index (χ2v) is 5.55. The van der Waals surface area contributed by atoms with Gasteiger partial charge in [-0.1, -0.05) is 0 Å². The zero-order chi connectivity index (χ0) is 17.5. The molecule has 3 N–H and O–H groups in total. The minimum absolute atomic E-state index is 0.166. The summed E-state index contributed by atoms with van der Waals surface area (Å²) in [4.78, 5) is 11.8. The van der Waals surface area contributed by atoms with Crippen LogP contribution in [0.3, 0.4) is 0 Å². The van der Waals surface area contributed by atoms with E-state index >= 15 is 0 Å². The number of benzene rings is 1. The number of urea groups is 1. The van der Waals surface area contributed by atoms with E-state index in [-0.39, 0.29) is 24.6 Å². The Morgan fingerprint density at radius 3 is 2.83 bits per heavy atom. The maximum Gasteiger partial charge on any atom is 0.315 e. The van der Waals surface area contributed by atoms with E-state index in [1.807, 2.05) is 0 Å². The second-order valence-electron chi connectivity index (χ2n) is 5.55. The molecule has 2 aromatic rings. The molecule has 0 saturated carbocycles. The van der Waals surface area contributed by atoms with E-state index in [1.54, 1.807) is 19.1 Å². The van der Waals surface area contributed by atoms with E-state index < -0.39 is 23.8 Å². The van der Waals surface area contributed by atoms with Crippen LogP contribution >= 0.6 is 0 Å². The predicted molar refractivity (Wildman–Crippen MR) is 84.3 cm³/mol. The molecule has 24 heavy (non-hydrogen) atoms. The number of rotatable bonds is 7. The molecular weight excluding hydrogens is 318 g/mol. The van der Waals surface area contributed by atoms with Crippen LogP contribution in [0.5, 0.6) is 0 Å². The lowest BCUT2D eigenvalue weighted by molar-refractivity contribution is 0.129.